The number of aromatic nitrogens is 5. The van der Waals surface area contributed by atoms with Crippen molar-refractivity contribution in [3.05, 3.63) is 114 Å². The molecule has 12 heteroatoms. The number of nitrogens with two attached hydrogens (primary N) is 1. The van der Waals surface area contributed by atoms with Gasteiger partial charge in [-0.25, -0.2) is 22.6 Å². The molecule has 0 amide bonds. The fourth-order valence-corrected chi connectivity index (χ4v) is 5.68. The SMILES string of the molecule is Cc1c(-c2ccnn2-c2ccc(N)cc2)cn2nc(Cc3ccc(S(C)(=O)=O)cc3)nc2c1-c1cccc(C(F)(F)F)c1. The molecule has 218 valence electrons. The Bertz CT molecular complexity index is 2080. The number of nitrogen functional groups attached to an aromatic ring is 1. The van der Waals surface area contributed by atoms with Crippen molar-refractivity contribution in [3.63, 3.8) is 0 Å². The number of halogens is 3. The van der Waals surface area contributed by atoms with E-state index in [1.807, 2.05) is 25.1 Å². The van der Waals surface area contributed by atoms with E-state index in [4.69, 9.17) is 10.7 Å². The van der Waals surface area contributed by atoms with Crippen molar-refractivity contribution in [3.8, 4) is 28.1 Å². The van der Waals surface area contributed by atoms with Crippen LogP contribution in [0.15, 0.2) is 96.2 Å². The molecule has 0 atom stereocenters. The number of anilines is 1. The predicted molar refractivity (Wildman–Crippen MR) is 157 cm³/mol. The minimum atomic E-state index is -4.53. The molecule has 0 unspecified atom stereocenters. The molecule has 0 fully saturated rings. The highest BCUT2D eigenvalue weighted by Gasteiger charge is 2.31. The van der Waals surface area contributed by atoms with Crippen molar-refractivity contribution in [1.29, 1.82) is 0 Å². The van der Waals surface area contributed by atoms with Gasteiger partial charge in [0.25, 0.3) is 0 Å². The van der Waals surface area contributed by atoms with Gasteiger partial charge in [0.1, 0.15) is 0 Å². The van der Waals surface area contributed by atoms with E-state index in [0.29, 0.717) is 45.1 Å². The number of hydrogen-bond acceptors (Lipinski definition) is 6. The Balaban J connectivity index is 1.53. The van der Waals surface area contributed by atoms with Gasteiger partial charge in [-0.05, 0) is 78.2 Å². The molecule has 0 saturated carbocycles. The highest BCUT2D eigenvalue weighted by molar-refractivity contribution is 7.90. The van der Waals surface area contributed by atoms with Crippen LogP contribution in [-0.4, -0.2) is 39.1 Å². The summed E-state index contributed by atoms with van der Waals surface area (Å²) in [6, 6.07) is 20.6. The summed E-state index contributed by atoms with van der Waals surface area (Å²) < 4.78 is 68.2. The smallest absolute Gasteiger partial charge is 0.399 e. The molecule has 2 N–H and O–H groups in total. The average molecular weight is 603 g/mol. The Labute approximate surface area is 245 Å². The zero-order valence-electron chi connectivity index (χ0n) is 23.0. The summed E-state index contributed by atoms with van der Waals surface area (Å²) in [6.45, 7) is 1.84. The molecule has 8 nitrogen and oxygen atoms in total. The molecule has 0 saturated heterocycles. The number of benzene rings is 3. The van der Waals surface area contributed by atoms with Crippen LogP contribution in [0.4, 0.5) is 18.9 Å². The zero-order chi connectivity index (χ0) is 30.5. The van der Waals surface area contributed by atoms with Crippen molar-refractivity contribution in [1.82, 2.24) is 24.4 Å². The van der Waals surface area contributed by atoms with Crippen LogP contribution >= 0.6 is 0 Å². The van der Waals surface area contributed by atoms with Crippen LogP contribution in [0, 0.1) is 6.92 Å². The second kappa shape index (κ2) is 10.4. The first-order valence-electron chi connectivity index (χ1n) is 13.1. The Morgan fingerprint density at radius 1 is 0.953 bits per heavy atom. The average Bonchev–Trinajstić information content (AvgIpc) is 3.59. The van der Waals surface area contributed by atoms with E-state index in [-0.39, 0.29) is 11.3 Å². The predicted octanol–water partition coefficient (Wildman–Crippen LogP) is 6.15. The van der Waals surface area contributed by atoms with Gasteiger partial charge in [0.2, 0.25) is 0 Å². The molecule has 6 aromatic rings. The minimum Gasteiger partial charge on any atom is -0.399 e. The van der Waals surface area contributed by atoms with Crippen molar-refractivity contribution in [2.24, 2.45) is 0 Å². The number of alkyl halides is 3. The largest absolute Gasteiger partial charge is 0.416 e. The molecule has 6 rings (SSSR count). The normalized spacial score (nSPS) is 12.2. The highest BCUT2D eigenvalue weighted by atomic mass is 32.2. The molecule has 0 bridgehead atoms. The van der Waals surface area contributed by atoms with Crippen LogP contribution in [0.1, 0.15) is 22.5 Å². The zero-order valence-corrected chi connectivity index (χ0v) is 23.9. The van der Waals surface area contributed by atoms with E-state index in [1.165, 1.54) is 18.2 Å². The van der Waals surface area contributed by atoms with E-state index >= 15 is 0 Å². The minimum absolute atomic E-state index is 0.198. The lowest BCUT2D eigenvalue weighted by molar-refractivity contribution is -0.137. The molecule has 0 aliphatic heterocycles. The number of hydrogen-bond donors (Lipinski definition) is 1. The summed E-state index contributed by atoms with van der Waals surface area (Å²) in [5.41, 5.74) is 10.6. The molecular weight excluding hydrogens is 577 g/mol. The van der Waals surface area contributed by atoms with Gasteiger partial charge >= 0.3 is 6.18 Å². The van der Waals surface area contributed by atoms with Gasteiger partial charge < -0.3 is 5.73 Å². The molecular formula is C31H25F3N6O2S. The Morgan fingerprint density at radius 2 is 1.67 bits per heavy atom. The van der Waals surface area contributed by atoms with Crippen LogP contribution in [-0.2, 0) is 22.4 Å². The molecule has 3 aromatic carbocycles. The van der Waals surface area contributed by atoms with Crippen molar-refractivity contribution < 1.29 is 21.6 Å². The van der Waals surface area contributed by atoms with Crippen LogP contribution < -0.4 is 5.73 Å². The summed E-state index contributed by atoms with van der Waals surface area (Å²) in [5, 5.41) is 9.17. The van der Waals surface area contributed by atoms with Gasteiger partial charge in [-0.2, -0.15) is 23.4 Å². The van der Waals surface area contributed by atoms with Crippen LogP contribution in [0.2, 0.25) is 0 Å². The fraction of sp³-hybridized carbons (Fsp3) is 0.129. The van der Waals surface area contributed by atoms with Gasteiger partial charge in [0.05, 0.1) is 28.0 Å². The maximum Gasteiger partial charge on any atom is 0.416 e. The lowest BCUT2D eigenvalue weighted by Crippen LogP contribution is -2.06. The second-order valence-corrected chi connectivity index (χ2v) is 12.2. The molecule has 0 radical (unpaired) electrons. The summed E-state index contributed by atoms with van der Waals surface area (Å²) in [5.74, 6) is 0.420. The maximum atomic E-state index is 13.7. The Kier molecular flexibility index (Phi) is 6.80. The number of pyridine rings is 1. The van der Waals surface area contributed by atoms with Gasteiger partial charge in [0, 0.05) is 35.7 Å². The number of rotatable bonds is 6. The van der Waals surface area contributed by atoms with Gasteiger partial charge in [0.15, 0.2) is 21.3 Å². The third-order valence-corrected chi connectivity index (χ3v) is 8.31. The topological polar surface area (TPSA) is 108 Å². The van der Waals surface area contributed by atoms with E-state index in [1.54, 1.807) is 51.9 Å². The lowest BCUT2D eigenvalue weighted by atomic mass is 9.95. The quantitative estimate of drug-likeness (QED) is 0.229. The monoisotopic (exact) mass is 602 g/mol. The molecule has 3 heterocycles. The summed E-state index contributed by atoms with van der Waals surface area (Å²) in [7, 11) is -3.35. The van der Waals surface area contributed by atoms with E-state index in [9.17, 15) is 21.6 Å². The summed E-state index contributed by atoms with van der Waals surface area (Å²) >= 11 is 0. The second-order valence-electron chi connectivity index (χ2n) is 10.2. The molecule has 0 aliphatic rings. The molecule has 0 spiro atoms. The van der Waals surface area contributed by atoms with Crippen LogP contribution in [0.3, 0.4) is 0 Å². The maximum absolute atomic E-state index is 13.7. The van der Waals surface area contributed by atoms with E-state index in [0.717, 1.165) is 29.6 Å². The summed E-state index contributed by atoms with van der Waals surface area (Å²) in [4.78, 5) is 4.94. The summed E-state index contributed by atoms with van der Waals surface area (Å²) in [6.07, 6.45) is 0.330. The van der Waals surface area contributed by atoms with Crippen molar-refractivity contribution >= 4 is 21.2 Å². The molecule has 0 aliphatic carbocycles. The van der Waals surface area contributed by atoms with E-state index in [2.05, 4.69) is 10.2 Å². The van der Waals surface area contributed by atoms with Gasteiger partial charge in [-0.15, -0.1) is 0 Å². The van der Waals surface area contributed by atoms with Crippen molar-refractivity contribution in [2.75, 3.05) is 12.0 Å². The Hall–Kier alpha value is -4.97. The highest BCUT2D eigenvalue weighted by Crippen LogP contribution is 2.38. The molecule has 43 heavy (non-hydrogen) atoms. The van der Waals surface area contributed by atoms with Crippen LogP contribution in [0.5, 0.6) is 0 Å². The van der Waals surface area contributed by atoms with E-state index < -0.39 is 21.6 Å². The number of nitrogens with zero attached hydrogens (tertiary/aromatic N) is 5. The number of sulfone groups is 1. The number of fused-ring (bicyclic) bond motifs is 1. The first-order chi connectivity index (χ1) is 20.4. The van der Waals surface area contributed by atoms with Gasteiger partial charge in [-0.3, -0.25) is 0 Å². The molecule has 3 aromatic heterocycles. The van der Waals surface area contributed by atoms with Crippen molar-refractivity contribution in [2.45, 2.75) is 24.4 Å². The fourth-order valence-electron chi connectivity index (χ4n) is 5.04. The first kappa shape index (κ1) is 28.2. The third kappa shape index (κ3) is 5.48. The first-order valence-corrected chi connectivity index (χ1v) is 15.0. The van der Waals surface area contributed by atoms with Gasteiger partial charge in [-0.1, -0.05) is 24.3 Å². The standard InChI is InChI=1S/C31H25F3N6O2S/c1-19-26(27-14-15-36-40(27)24-10-8-23(35)9-11-24)18-39-30(29(19)21-4-3-5-22(17-21)31(32,33)34)37-28(38-39)16-20-6-12-25(13-7-20)43(2,41)42/h3-15,17-18H,16,35H2,1-2H3. The Morgan fingerprint density at radius 3 is 2.35 bits per heavy atom. The van der Waals surface area contributed by atoms with Crippen LogP contribution in [0.25, 0.3) is 33.7 Å². The third-order valence-electron chi connectivity index (χ3n) is 7.18. The lowest BCUT2D eigenvalue weighted by Gasteiger charge is -2.16.